The Balaban J connectivity index is 1.24. The minimum Gasteiger partial charge on any atom is -0.455 e. The average Bonchev–Trinajstić information content (AvgIpc) is 3.50. The summed E-state index contributed by atoms with van der Waals surface area (Å²) in [6.07, 6.45) is 0. The maximum atomic E-state index is 6.62. The fourth-order valence-electron chi connectivity index (χ4n) is 7.56. The third-order valence-electron chi connectivity index (χ3n) is 9.62. The molecule has 0 bridgehead atoms. The topological polar surface area (TPSA) is 13.1 Å². The predicted octanol–water partition coefficient (Wildman–Crippen LogP) is 12.6. The largest absolute Gasteiger partial charge is 0.455 e. The first-order valence-electron chi connectivity index (χ1n) is 15.5. The number of hydrogen-bond donors (Lipinski definition) is 0. The molecule has 0 saturated heterocycles. The van der Waals surface area contributed by atoms with E-state index in [0.717, 1.165) is 33.1 Å². The molecule has 0 saturated carbocycles. The van der Waals surface area contributed by atoms with Gasteiger partial charge >= 0.3 is 0 Å². The summed E-state index contributed by atoms with van der Waals surface area (Å²) in [7, 11) is 0. The summed E-state index contributed by atoms with van der Waals surface area (Å²) in [5, 5.41) is 12.6. The first-order valence-corrected chi connectivity index (χ1v) is 15.5. The molecule has 9 aromatic carbocycles. The molecule has 0 spiro atoms. The van der Waals surface area contributed by atoms with Gasteiger partial charge in [-0.05, 0) is 83.0 Å². The molecule has 0 amide bonds. The molecular weight excluding hydrogens is 544 g/mol. The molecule has 1 nitrogen and oxygen atoms in total. The predicted molar refractivity (Wildman–Crippen MR) is 191 cm³/mol. The molecule has 0 aliphatic carbocycles. The molecule has 208 valence electrons. The lowest BCUT2D eigenvalue weighted by molar-refractivity contribution is 0.670. The number of rotatable bonds is 3. The number of fused-ring (bicyclic) bond motifs is 4. The SMILES string of the molecule is c1ccc(-c2cccc3c2oc2cccc(-c4ccc5ccc6c(-c7ccc8ccccc8c7)ccc7ccc4c5c76)c23)cc1. The second-order valence-corrected chi connectivity index (χ2v) is 12.0. The Morgan fingerprint density at radius 2 is 0.956 bits per heavy atom. The van der Waals surface area contributed by atoms with Crippen LogP contribution in [0.1, 0.15) is 0 Å². The fourth-order valence-corrected chi connectivity index (χ4v) is 7.56. The first kappa shape index (κ1) is 24.5. The highest BCUT2D eigenvalue weighted by atomic mass is 16.3. The molecule has 0 N–H and O–H groups in total. The molecule has 10 aromatic rings. The number of hydrogen-bond acceptors (Lipinski definition) is 1. The molecular formula is C44H26O. The summed E-state index contributed by atoms with van der Waals surface area (Å²) in [4.78, 5) is 0. The highest BCUT2D eigenvalue weighted by Gasteiger charge is 2.19. The van der Waals surface area contributed by atoms with Crippen LogP contribution in [-0.4, -0.2) is 0 Å². The summed E-state index contributed by atoms with van der Waals surface area (Å²) in [5.74, 6) is 0. The van der Waals surface area contributed by atoms with Crippen molar-refractivity contribution in [3.8, 4) is 33.4 Å². The van der Waals surface area contributed by atoms with Crippen molar-refractivity contribution >= 4 is 65.0 Å². The highest BCUT2D eigenvalue weighted by molar-refractivity contribution is 6.29. The first-order chi connectivity index (χ1) is 22.3. The molecule has 0 fully saturated rings. The van der Waals surface area contributed by atoms with Gasteiger partial charge in [0.05, 0.1) is 0 Å². The van der Waals surface area contributed by atoms with E-state index in [1.165, 1.54) is 65.3 Å². The maximum Gasteiger partial charge on any atom is 0.143 e. The minimum atomic E-state index is 0.912. The monoisotopic (exact) mass is 570 g/mol. The van der Waals surface area contributed by atoms with Crippen LogP contribution < -0.4 is 0 Å². The molecule has 45 heavy (non-hydrogen) atoms. The zero-order valence-corrected chi connectivity index (χ0v) is 24.4. The number of benzene rings is 9. The van der Waals surface area contributed by atoms with Gasteiger partial charge in [0.25, 0.3) is 0 Å². The summed E-state index contributed by atoms with van der Waals surface area (Å²) in [5.41, 5.74) is 9.07. The Kier molecular flexibility index (Phi) is 5.06. The maximum absolute atomic E-state index is 6.62. The van der Waals surface area contributed by atoms with Crippen LogP contribution in [0, 0.1) is 0 Å². The Hall–Kier alpha value is -5.92. The van der Waals surface area contributed by atoms with Crippen molar-refractivity contribution in [2.75, 3.05) is 0 Å². The van der Waals surface area contributed by atoms with Crippen molar-refractivity contribution in [3.05, 3.63) is 158 Å². The van der Waals surface area contributed by atoms with Gasteiger partial charge in [0.15, 0.2) is 0 Å². The molecule has 1 heterocycles. The third-order valence-corrected chi connectivity index (χ3v) is 9.62. The Bertz CT molecular complexity index is 2750. The van der Waals surface area contributed by atoms with Crippen LogP contribution in [0.4, 0.5) is 0 Å². The summed E-state index contributed by atoms with van der Waals surface area (Å²) >= 11 is 0. The Morgan fingerprint density at radius 1 is 0.311 bits per heavy atom. The highest BCUT2D eigenvalue weighted by Crippen LogP contribution is 2.46. The normalized spacial score (nSPS) is 12.0. The van der Waals surface area contributed by atoms with Crippen LogP contribution in [0.2, 0.25) is 0 Å². The summed E-state index contributed by atoms with van der Waals surface area (Å²) in [6.45, 7) is 0. The Labute approximate surface area is 259 Å². The van der Waals surface area contributed by atoms with Crippen molar-refractivity contribution in [2.24, 2.45) is 0 Å². The van der Waals surface area contributed by atoms with Crippen LogP contribution in [0.5, 0.6) is 0 Å². The van der Waals surface area contributed by atoms with Gasteiger partial charge in [-0.1, -0.05) is 146 Å². The van der Waals surface area contributed by atoms with Crippen LogP contribution in [-0.2, 0) is 0 Å². The van der Waals surface area contributed by atoms with Crippen molar-refractivity contribution in [1.29, 1.82) is 0 Å². The van der Waals surface area contributed by atoms with E-state index in [2.05, 4.69) is 158 Å². The lowest BCUT2D eigenvalue weighted by Gasteiger charge is -2.17. The zero-order valence-electron chi connectivity index (χ0n) is 24.4. The van der Waals surface area contributed by atoms with Gasteiger partial charge in [0.1, 0.15) is 11.2 Å². The molecule has 0 radical (unpaired) electrons. The molecule has 0 atom stereocenters. The van der Waals surface area contributed by atoms with Crippen LogP contribution in [0.3, 0.4) is 0 Å². The lowest BCUT2D eigenvalue weighted by atomic mass is 9.86. The van der Waals surface area contributed by atoms with E-state index in [0.29, 0.717) is 0 Å². The van der Waals surface area contributed by atoms with Crippen molar-refractivity contribution in [1.82, 2.24) is 0 Å². The van der Waals surface area contributed by atoms with Crippen LogP contribution in [0.15, 0.2) is 162 Å². The van der Waals surface area contributed by atoms with Gasteiger partial charge in [-0.2, -0.15) is 0 Å². The fraction of sp³-hybridized carbons (Fsp3) is 0. The molecule has 0 aliphatic heterocycles. The zero-order chi connectivity index (χ0) is 29.5. The third kappa shape index (κ3) is 3.56. The standard InChI is InChI=1S/C44H26O/c1-2-9-28(10-3-1)34-12-6-14-39-43-36(13-7-15-40(43)45-44(34)39)35-23-19-30-20-24-37-33(22-18-29-21-25-38(35)42(30)41(29)37)32-17-16-27-8-4-5-11-31(27)26-32/h1-26H. The van der Waals surface area contributed by atoms with Gasteiger partial charge in [0.2, 0.25) is 0 Å². The van der Waals surface area contributed by atoms with E-state index in [4.69, 9.17) is 4.42 Å². The molecule has 0 unspecified atom stereocenters. The van der Waals surface area contributed by atoms with Crippen molar-refractivity contribution in [2.45, 2.75) is 0 Å². The second-order valence-electron chi connectivity index (χ2n) is 12.0. The lowest BCUT2D eigenvalue weighted by Crippen LogP contribution is -1.90. The molecule has 1 heteroatoms. The summed E-state index contributed by atoms with van der Waals surface area (Å²) in [6, 6.07) is 57.2. The minimum absolute atomic E-state index is 0.912. The average molecular weight is 571 g/mol. The van der Waals surface area contributed by atoms with E-state index in [1.54, 1.807) is 0 Å². The van der Waals surface area contributed by atoms with E-state index in [9.17, 15) is 0 Å². The van der Waals surface area contributed by atoms with Gasteiger partial charge in [-0.25, -0.2) is 0 Å². The van der Waals surface area contributed by atoms with Crippen molar-refractivity contribution in [3.63, 3.8) is 0 Å². The number of furan rings is 1. The second kappa shape index (κ2) is 9.29. The van der Waals surface area contributed by atoms with E-state index in [1.807, 2.05) is 0 Å². The van der Waals surface area contributed by atoms with Crippen LogP contribution >= 0.6 is 0 Å². The smallest absolute Gasteiger partial charge is 0.143 e. The Morgan fingerprint density at radius 3 is 1.78 bits per heavy atom. The summed E-state index contributed by atoms with van der Waals surface area (Å²) < 4.78 is 6.62. The van der Waals surface area contributed by atoms with Crippen molar-refractivity contribution < 1.29 is 4.42 Å². The van der Waals surface area contributed by atoms with Crippen LogP contribution in [0.25, 0.3) is 98.4 Å². The molecule has 10 rings (SSSR count). The van der Waals surface area contributed by atoms with E-state index in [-0.39, 0.29) is 0 Å². The molecule has 0 aliphatic rings. The van der Waals surface area contributed by atoms with Gasteiger partial charge in [-0.15, -0.1) is 0 Å². The quantitative estimate of drug-likeness (QED) is 0.193. The molecule has 1 aromatic heterocycles. The van der Waals surface area contributed by atoms with Gasteiger partial charge < -0.3 is 4.42 Å². The van der Waals surface area contributed by atoms with E-state index >= 15 is 0 Å². The van der Waals surface area contributed by atoms with Gasteiger partial charge in [0, 0.05) is 16.3 Å². The van der Waals surface area contributed by atoms with Gasteiger partial charge in [-0.3, -0.25) is 0 Å². The number of para-hydroxylation sites is 1. The van der Waals surface area contributed by atoms with E-state index < -0.39 is 0 Å².